The third kappa shape index (κ3) is 6.86. The Balaban J connectivity index is 1.52. The van der Waals surface area contributed by atoms with Gasteiger partial charge >= 0.3 is 0 Å². The van der Waals surface area contributed by atoms with Crippen LogP contribution >= 0.6 is 0 Å². The van der Waals surface area contributed by atoms with Crippen LogP contribution in [0.25, 0.3) is 0 Å². The maximum Gasteiger partial charge on any atom is 0.221 e. The summed E-state index contributed by atoms with van der Waals surface area (Å²) in [6.45, 7) is 6.67. The number of para-hydroxylation sites is 1. The van der Waals surface area contributed by atoms with Gasteiger partial charge in [-0.2, -0.15) is 0 Å². The lowest BCUT2D eigenvalue weighted by molar-refractivity contribution is -0.122. The maximum atomic E-state index is 12.5. The van der Waals surface area contributed by atoms with E-state index in [1.54, 1.807) is 6.20 Å². The van der Waals surface area contributed by atoms with E-state index in [4.69, 9.17) is 4.74 Å². The molecule has 156 valence electrons. The molecular formula is C24H33N3O2. The van der Waals surface area contributed by atoms with Gasteiger partial charge in [0.05, 0.1) is 0 Å². The fourth-order valence-electron chi connectivity index (χ4n) is 3.80. The second kappa shape index (κ2) is 11.0. The molecule has 0 aliphatic carbocycles. The summed E-state index contributed by atoms with van der Waals surface area (Å²) in [6.07, 6.45) is 6.59. The summed E-state index contributed by atoms with van der Waals surface area (Å²) in [4.78, 5) is 19.2. The number of aromatic nitrogens is 1. The molecule has 3 rings (SSSR count). The zero-order valence-electron chi connectivity index (χ0n) is 17.6. The van der Waals surface area contributed by atoms with Crippen molar-refractivity contribution in [3.63, 3.8) is 0 Å². The molecule has 0 spiro atoms. The predicted octanol–water partition coefficient (Wildman–Crippen LogP) is 3.97. The molecule has 0 saturated carbocycles. The molecule has 0 fully saturated rings. The van der Waals surface area contributed by atoms with Gasteiger partial charge in [0.25, 0.3) is 0 Å². The lowest BCUT2D eigenvalue weighted by atomic mass is 10.1. The van der Waals surface area contributed by atoms with Crippen LogP contribution in [-0.2, 0) is 17.8 Å². The van der Waals surface area contributed by atoms with Crippen LogP contribution < -0.4 is 10.1 Å². The Labute approximate surface area is 174 Å². The van der Waals surface area contributed by atoms with E-state index in [-0.39, 0.29) is 18.1 Å². The van der Waals surface area contributed by atoms with Crippen LogP contribution in [0.2, 0.25) is 0 Å². The van der Waals surface area contributed by atoms with Crippen LogP contribution in [0, 0.1) is 0 Å². The second-order valence-corrected chi connectivity index (χ2v) is 7.97. The number of benzene rings is 1. The molecule has 1 aromatic carbocycles. The van der Waals surface area contributed by atoms with E-state index in [2.05, 4.69) is 40.3 Å². The fourth-order valence-corrected chi connectivity index (χ4v) is 3.80. The van der Waals surface area contributed by atoms with Crippen molar-refractivity contribution in [3.05, 3.63) is 59.9 Å². The Morgan fingerprint density at radius 3 is 2.90 bits per heavy atom. The number of pyridine rings is 1. The summed E-state index contributed by atoms with van der Waals surface area (Å²) >= 11 is 0. The number of ether oxygens (including phenoxy) is 1. The van der Waals surface area contributed by atoms with Gasteiger partial charge in [-0.3, -0.25) is 14.7 Å². The first-order chi connectivity index (χ1) is 14.1. The number of nitrogens with one attached hydrogen (secondary N) is 1. The average molecular weight is 396 g/mol. The SMILES string of the molecule is CCCC[C@H]1CN(CCC(=O)N[C@H](C)Cc2ccccn2)Cc2ccccc2O1. The van der Waals surface area contributed by atoms with E-state index in [1.165, 1.54) is 5.56 Å². The zero-order chi connectivity index (χ0) is 20.5. The van der Waals surface area contributed by atoms with E-state index in [0.717, 1.165) is 56.8 Å². The predicted molar refractivity (Wildman–Crippen MR) is 116 cm³/mol. The van der Waals surface area contributed by atoms with Gasteiger partial charge in [0.1, 0.15) is 11.9 Å². The number of amides is 1. The van der Waals surface area contributed by atoms with E-state index in [0.29, 0.717) is 6.42 Å². The Bertz CT molecular complexity index is 766. The van der Waals surface area contributed by atoms with Gasteiger partial charge in [-0.1, -0.05) is 37.6 Å². The number of carbonyl (C=O) groups excluding carboxylic acids is 1. The van der Waals surface area contributed by atoms with Crippen molar-refractivity contribution in [1.82, 2.24) is 15.2 Å². The van der Waals surface area contributed by atoms with Crippen LogP contribution in [0.5, 0.6) is 5.75 Å². The number of unbranched alkanes of at least 4 members (excludes halogenated alkanes) is 1. The highest BCUT2D eigenvalue weighted by Gasteiger charge is 2.23. The lowest BCUT2D eigenvalue weighted by Crippen LogP contribution is -2.38. The first kappa shape index (κ1) is 21.3. The molecule has 2 aromatic rings. The number of hydrogen-bond donors (Lipinski definition) is 1. The first-order valence-electron chi connectivity index (χ1n) is 10.8. The number of hydrogen-bond acceptors (Lipinski definition) is 4. The largest absolute Gasteiger partial charge is 0.489 e. The highest BCUT2D eigenvalue weighted by atomic mass is 16.5. The van der Waals surface area contributed by atoms with E-state index in [1.807, 2.05) is 31.2 Å². The molecule has 1 aromatic heterocycles. The van der Waals surface area contributed by atoms with Gasteiger partial charge < -0.3 is 10.1 Å². The van der Waals surface area contributed by atoms with Crippen LogP contribution in [-0.4, -0.2) is 41.0 Å². The van der Waals surface area contributed by atoms with Crippen molar-refractivity contribution in [3.8, 4) is 5.75 Å². The molecular weight excluding hydrogens is 362 g/mol. The van der Waals surface area contributed by atoms with Crippen LogP contribution in [0.4, 0.5) is 0 Å². The van der Waals surface area contributed by atoms with Gasteiger partial charge in [0.15, 0.2) is 0 Å². The molecule has 29 heavy (non-hydrogen) atoms. The number of carbonyl (C=O) groups is 1. The normalized spacial score (nSPS) is 17.7. The number of rotatable bonds is 9. The molecule has 5 nitrogen and oxygen atoms in total. The number of nitrogens with zero attached hydrogens (tertiary/aromatic N) is 2. The molecule has 0 saturated heterocycles. The highest BCUT2D eigenvalue weighted by Crippen LogP contribution is 2.26. The Morgan fingerprint density at radius 2 is 2.10 bits per heavy atom. The van der Waals surface area contributed by atoms with Crippen molar-refractivity contribution in [2.75, 3.05) is 13.1 Å². The molecule has 1 amide bonds. The lowest BCUT2D eigenvalue weighted by Gasteiger charge is -2.24. The zero-order valence-corrected chi connectivity index (χ0v) is 17.6. The minimum absolute atomic E-state index is 0.0721. The Hall–Kier alpha value is -2.40. The maximum absolute atomic E-state index is 12.5. The van der Waals surface area contributed by atoms with E-state index < -0.39 is 0 Å². The molecule has 1 aliphatic heterocycles. The number of fused-ring (bicyclic) bond motifs is 1. The molecule has 2 atom stereocenters. The average Bonchev–Trinajstić information content (AvgIpc) is 2.90. The minimum atomic E-state index is 0.0721. The monoisotopic (exact) mass is 395 g/mol. The van der Waals surface area contributed by atoms with Crippen molar-refractivity contribution >= 4 is 5.91 Å². The van der Waals surface area contributed by atoms with Gasteiger partial charge in [0, 0.05) is 56.0 Å². The molecule has 2 heterocycles. The van der Waals surface area contributed by atoms with E-state index >= 15 is 0 Å². The molecule has 0 radical (unpaired) electrons. The summed E-state index contributed by atoms with van der Waals surface area (Å²) in [5.41, 5.74) is 2.20. The quantitative estimate of drug-likeness (QED) is 0.698. The standard InChI is InChI=1S/C24H33N3O2/c1-3-4-11-22-18-27(17-20-9-5-6-12-23(20)29-22)15-13-24(28)26-19(2)16-21-10-7-8-14-25-21/h5-10,12,14,19,22H,3-4,11,13,15-18H2,1-2H3,(H,26,28)/t19-,22+/m1/s1. The molecule has 5 heteroatoms. The van der Waals surface area contributed by atoms with Crippen molar-refractivity contribution in [2.45, 2.75) is 64.6 Å². The molecule has 0 bridgehead atoms. The summed E-state index contributed by atoms with van der Waals surface area (Å²) < 4.78 is 6.28. The van der Waals surface area contributed by atoms with Gasteiger partial charge in [0.2, 0.25) is 5.91 Å². The van der Waals surface area contributed by atoms with Crippen LogP contribution in [0.15, 0.2) is 48.7 Å². The first-order valence-corrected chi connectivity index (χ1v) is 10.8. The van der Waals surface area contributed by atoms with Gasteiger partial charge in [-0.25, -0.2) is 0 Å². The molecule has 1 aliphatic rings. The fraction of sp³-hybridized carbons (Fsp3) is 0.500. The summed E-state index contributed by atoms with van der Waals surface area (Å²) in [5.74, 6) is 1.08. The Kier molecular flexibility index (Phi) is 8.05. The third-order valence-corrected chi connectivity index (χ3v) is 5.31. The van der Waals surface area contributed by atoms with Crippen molar-refractivity contribution in [2.24, 2.45) is 0 Å². The van der Waals surface area contributed by atoms with Gasteiger partial charge in [-0.15, -0.1) is 0 Å². The Morgan fingerprint density at radius 1 is 1.28 bits per heavy atom. The highest BCUT2D eigenvalue weighted by molar-refractivity contribution is 5.76. The second-order valence-electron chi connectivity index (χ2n) is 7.97. The smallest absolute Gasteiger partial charge is 0.221 e. The van der Waals surface area contributed by atoms with Crippen molar-refractivity contribution in [1.29, 1.82) is 0 Å². The third-order valence-electron chi connectivity index (χ3n) is 5.31. The van der Waals surface area contributed by atoms with Crippen molar-refractivity contribution < 1.29 is 9.53 Å². The molecule has 1 N–H and O–H groups in total. The van der Waals surface area contributed by atoms with Gasteiger partial charge in [-0.05, 0) is 38.0 Å². The van der Waals surface area contributed by atoms with E-state index in [9.17, 15) is 4.79 Å². The minimum Gasteiger partial charge on any atom is -0.489 e. The summed E-state index contributed by atoms with van der Waals surface area (Å²) in [6, 6.07) is 14.2. The van der Waals surface area contributed by atoms with Crippen LogP contribution in [0.1, 0.15) is 50.8 Å². The summed E-state index contributed by atoms with van der Waals surface area (Å²) in [5, 5.41) is 3.11. The molecule has 0 unspecified atom stereocenters. The summed E-state index contributed by atoms with van der Waals surface area (Å²) in [7, 11) is 0. The topological polar surface area (TPSA) is 54.5 Å². The van der Waals surface area contributed by atoms with Crippen LogP contribution in [0.3, 0.4) is 0 Å².